The topological polar surface area (TPSA) is 62.1 Å². The first kappa shape index (κ1) is 17.3. The number of methoxy groups -OCH3 is 1. The maximum atomic E-state index is 5.73. The number of benzene rings is 2. The van der Waals surface area contributed by atoms with Gasteiger partial charge in [-0.05, 0) is 60.2 Å². The van der Waals surface area contributed by atoms with Crippen LogP contribution in [0.2, 0.25) is 0 Å². The van der Waals surface area contributed by atoms with Crippen molar-refractivity contribution in [3.8, 4) is 17.2 Å². The van der Waals surface area contributed by atoms with Crippen molar-refractivity contribution in [1.82, 2.24) is 20.2 Å². The Hall–Kier alpha value is -2.54. The summed E-state index contributed by atoms with van der Waals surface area (Å²) in [7, 11) is 1.65. The maximum Gasteiger partial charge on any atom is 0.214 e. The Morgan fingerprint density at radius 2 is 1.80 bits per heavy atom. The largest absolute Gasteiger partial charge is 0.497 e. The molecule has 0 amide bonds. The molecule has 0 radical (unpaired) electrons. The van der Waals surface area contributed by atoms with Crippen LogP contribution >= 0.6 is 11.8 Å². The van der Waals surface area contributed by atoms with E-state index in [-0.39, 0.29) is 0 Å². The predicted octanol–water partition coefficient (Wildman–Crippen LogP) is 3.46. The number of tetrazole rings is 1. The number of rotatable bonds is 7. The van der Waals surface area contributed by atoms with Crippen molar-refractivity contribution in [3.05, 3.63) is 53.6 Å². The van der Waals surface area contributed by atoms with Crippen molar-refractivity contribution in [2.24, 2.45) is 0 Å². The highest BCUT2D eigenvalue weighted by atomic mass is 32.2. The molecule has 3 rings (SSSR count). The van der Waals surface area contributed by atoms with Crippen LogP contribution in [0.1, 0.15) is 11.1 Å². The van der Waals surface area contributed by atoms with Crippen LogP contribution in [0.4, 0.5) is 0 Å². The minimum absolute atomic E-state index is 0.566. The van der Waals surface area contributed by atoms with Crippen LogP contribution < -0.4 is 9.47 Å². The molecule has 0 aliphatic heterocycles. The molecule has 1 heterocycles. The summed E-state index contributed by atoms with van der Waals surface area (Å²) < 4.78 is 12.6. The predicted molar refractivity (Wildman–Crippen MR) is 97.8 cm³/mol. The quantitative estimate of drug-likeness (QED) is 0.477. The van der Waals surface area contributed by atoms with Gasteiger partial charge in [-0.3, -0.25) is 0 Å². The van der Waals surface area contributed by atoms with E-state index in [2.05, 4.69) is 41.5 Å². The lowest BCUT2D eigenvalue weighted by atomic mass is 10.1. The first-order valence-electron chi connectivity index (χ1n) is 7.93. The first-order chi connectivity index (χ1) is 12.2. The van der Waals surface area contributed by atoms with Gasteiger partial charge in [0.1, 0.15) is 11.5 Å². The highest BCUT2D eigenvalue weighted by Gasteiger charge is 2.11. The summed E-state index contributed by atoms with van der Waals surface area (Å²) in [4.78, 5) is 0. The lowest BCUT2D eigenvalue weighted by Gasteiger charge is -2.09. The van der Waals surface area contributed by atoms with Gasteiger partial charge in [0, 0.05) is 5.75 Å². The third kappa shape index (κ3) is 4.30. The Kier molecular flexibility index (Phi) is 5.55. The van der Waals surface area contributed by atoms with E-state index in [1.807, 2.05) is 30.3 Å². The maximum absolute atomic E-state index is 5.73. The molecule has 6 nitrogen and oxygen atoms in total. The number of hydrogen-bond acceptors (Lipinski definition) is 6. The second-order valence-corrected chi connectivity index (χ2v) is 6.60. The van der Waals surface area contributed by atoms with Gasteiger partial charge >= 0.3 is 0 Å². The van der Waals surface area contributed by atoms with Crippen LogP contribution in [0, 0.1) is 13.8 Å². The van der Waals surface area contributed by atoms with Crippen molar-refractivity contribution in [3.63, 3.8) is 0 Å². The fraction of sp³-hybridized carbons (Fsp3) is 0.278. The van der Waals surface area contributed by atoms with Crippen molar-refractivity contribution in [1.29, 1.82) is 0 Å². The average Bonchev–Trinajstić information content (AvgIpc) is 3.07. The molecule has 0 aliphatic carbocycles. The van der Waals surface area contributed by atoms with Crippen molar-refractivity contribution in [2.75, 3.05) is 19.5 Å². The molecule has 0 saturated heterocycles. The Balaban J connectivity index is 1.58. The van der Waals surface area contributed by atoms with Gasteiger partial charge in [-0.1, -0.05) is 29.5 Å². The molecule has 7 heteroatoms. The lowest BCUT2D eigenvalue weighted by Crippen LogP contribution is -2.04. The molecule has 3 aromatic rings. The Morgan fingerprint density at radius 3 is 2.52 bits per heavy atom. The highest BCUT2D eigenvalue weighted by molar-refractivity contribution is 7.99. The third-order valence-corrected chi connectivity index (χ3v) is 4.55. The summed E-state index contributed by atoms with van der Waals surface area (Å²) in [5, 5.41) is 12.8. The number of hydrogen-bond donors (Lipinski definition) is 0. The molecule has 25 heavy (non-hydrogen) atoms. The normalized spacial score (nSPS) is 10.7. The number of aromatic nitrogens is 4. The average molecular weight is 356 g/mol. The Bertz CT molecular complexity index is 833. The molecule has 0 N–H and O–H groups in total. The summed E-state index contributed by atoms with van der Waals surface area (Å²) in [5.41, 5.74) is 3.36. The molecular formula is C18H20N4O2S. The molecule has 130 valence electrons. The number of ether oxygens (including phenoxy) is 2. The van der Waals surface area contributed by atoms with Gasteiger partial charge in [0.15, 0.2) is 0 Å². The summed E-state index contributed by atoms with van der Waals surface area (Å²) in [6.07, 6.45) is 0. The van der Waals surface area contributed by atoms with Crippen molar-refractivity contribution >= 4 is 11.8 Å². The van der Waals surface area contributed by atoms with Gasteiger partial charge in [-0.25, -0.2) is 0 Å². The molecule has 0 bridgehead atoms. The molecule has 0 atom stereocenters. The zero-order chi connectivity index (χ0) is 17.6. The van der Waals surface area contributed by atoms with Gasteiger partial charge in [-0.15, -0.1) is 5.10 Å². The van der Waals surface area contributed by atoms with Gasteiger partial charge in [0.2, 0.25) is 5.16 Å². The molecule has 0 saturated carbocycles. The number of aryl methyl sites for hydroxylation is 2. The van der Waals surface area contributed by atoms with Crippen LogP contribution in [0.5, 0.6) is 11.5 Å². The van der Waals surface area contributed by atoms with E-state index in [0.717, 1.165) is 33.7 Å². The van der Waals surface area contributed by atoms with E-state index in [4.69, 9.17) is 9.47 Å². The van der Waals surface area contributed by atoms with E-state index >= 15 is 0 Å². The molecule has 0 spiro atoms. The molecule has 1 aromatic heterocycles. The van der Waals surface area contributed by atoms with E-state index in [1.54, 1.807) is 23.6 Å². The number of nitrogens with zero attached hydrogens (tertiary/aromatic N) is 4. The van der Waals surface area contributed by atoms with E-state index in [1.165, 1.54) is 5.56 Å². The van der Waals surface area contributed by atoms with Crippen molar-refractivity contribution < 1.29 is 9.47 Å². The Labute approximate surface area is 151 Å². The second kappa shape index (κ2) is 8.02. The first-order valence-corrected chi connectivity index (χ1v) is 8.91. The monoisotopic (exact) mass is 356 g/mol. The molecule has 0 unspecified atom stereocenters. The molecule has 2 aromatic carbocycles. The molecule has 0 fully saturated rings. The Morgan fingerprint density at radius 1 is 1.04 bits per heavy atom. The van der Waals surface area contributed by atoms with E-state index < -0.39 is 0 Å². The second-order valence-electron chi connectivity index (χ2n) is 5.54. The zero-order valence-corrected chi connectivity index (χ0v) is 15.3. The van der Waals surface area contributed by atoms with Crippen molar-refractivity contribution in [2.45, 2.75) is 19.0 Å². The highest BCUT2D eigenvalue weighted by Crippen LogP contribution is 2.22. The molecular weight excluding hydrogens is 336 g/mol. The van der Waals surface area contributed by atoms with Gasteiger partial charge in [-0.2, -0.15) is 4.68 Å². The van der Waals surface area contributed by atoms with Crippen LogP contribution in [0.15, 0.2) is 47.6 Å². The summed E-state index contributed by atoms with van der Waals surface area (Å²) in [6, 6.07) is 13.8. The number of thioether (sulfide) groups is 1. The van der Waals surface area contributed by atoms with E-state index in [0.29, 0.717) is 6.61 Å². The fourth-order valence-corrected chi connectivity index (χ4v) is 3.13. The minimum atomic E-state index is 0.566. The standard InChI is InChI=1S/C18H20N4O2S/c1-13-4-9-17(14(2)12-13)22-18(19-20-21-22)25-11-10-24-16-7-5-15(23-3)6-8-16/h4-9,12H,10-11H2,1-3H3. The minimum Gasteiger partial charge on any atom is -0.497 e. The van der Waals surface area contributed by atoms with Gasteiger partial charge in [0.25, 0.3) is 0 Å². The van der Waals surface area contributed by atoms with Crippen LogP contribution in [-0.4, -0.2) is 39.7 Å². The summed E-state index contributed by atoms with van der Waals surface area (Å²) >= 11 is 1.57. The summed E-state index contributed by atoms with van der Waals surface area (Å²) in [5.74, 6) is 2.38. The van der Waals surface area contributed by atoms with Crippen LogP contribution in [-0.2, 0) is 0 Å². The van der Waals surface area contributed by atoms with Crippen LogP contribution in [0.25, 0.3) is 5.69 Å². The molecule has 0 aliphatic rings. The van der Waals surface area contributed by atoms with Gasteiger partial charge < -0.3 is 9.47 Å². The lowest BCUT2D eigenvalue weighted by molar-refractivity contribution is 0.342. The summed E-state index contributed by atoms with van der Waals surface area (Å²) in [6.45, 7) is 4.70. The fourth-order valence-electron chi connectivity index (χ4n) is 2.43. The smallest absolute Gasteiger partial charge is 0.214 e. The van der Waals surface area contributed by atoms with Crippen LogP contribution in [0.3, 0.4) is 0 Å². The van der Waals surface area contributed by atoms with Gasteiger partial charge in [0.05, 0.1) is 19.4 Å². The van der Waals surface area contributed by atoms with E-state index in [9.17, 15) is 0 Å². The third-order valence-electron chi connectivity index (χ3n) is 3.66. The zero-order valence-electron chi connectivity index (χ0n) is 14.5. The SMILES string of the molecule is COc1ccc(OCCSc2nnnn2-c2ccc(C)cc2C)cc1.